The van der Waals surface area contributed by atoms with Crippen molar-refractivity contribution >= 4 is 0 Å². The molecule has 0 bridgehead atoms. The third-order valence-electron chi connectivity index (χ3n) is 2.63. The van der Waals surface area contributed by atoms with Gasteiger partial charge in [-0.05, 0) is 38.3 Å². The third-order valence-corrected chi connectivity index (χ3v) is 2.63. The van der Waals surface area contributed by atoms with Crippen molar-refractivity contribution in [3.05, 3.63) is 28.2 Å². The maximum absolute atomic E-state index is 11.4. The topological polar surface area (TPSA) is 46.9 Å². The molecular formula is C11H17N3O. The maximum atomic E-state index is 11.4. The molecule has 2 rings (SSSR count). The fourth-order valence-corrected chi connectivity index (χ4v) is 1.52. The van der Waals surface area contributed by atoms with Gasteiger partial charge >= 0.3 is 0 Å². The summed E-state index contributed by atoms with van der Waals surface area (Å²) in [5, 5.41) is 7.51. The molecule has 4 nitrogen and oxygen atoms in total. The van der Waals surface area contributed by atoms with E-state index in [2.05, 4.69) is 10.4 Å². The molecule has 0 saturated heterocycles. The maximum Gasteiger partial charge on any atom is 0.266 e. The molecule has 0 aliphatic heterocycles. The summed E-state index contributed by atoms with van der Waals surface area (Å²) in [6, 6.07) is 3.32. The van der Waals surface area contributed by atoms with Crippen molar-refractivity contribution in [3.8, 4) is 0 Å². The highest BCUT2D eigenvalue weighted by Gasteiger charge is 2.19. The van der Waals surface area contributed by atoms with E-state index in [-0.39, 0.29) is 5.56 Å². The van der Waals surface area contributed by atoms with E-state index in [0.717, 1.165) is 24.7 Å². The second kappa shape index (κ2) is 4.57. The first-order valence-electron chi connectivity index (χ1n) is 5.51. The van der Waals surface area contributed by atoms with Gasteiger partial charge in [0.05, 0.1) is 12.2 Å². The van der Waals surface area contributed by atoms with Crippen LogP contribution in [0.5, 0.6) is 0 Å². The quantitative estimate of drug-likeness (QED) is 0.717. The Morgan fingerprint density at radius 1 is 1.53 bits per heavy atom. The van der Waals surface area contributed by atoms with Gasteiger partial charge in [0.25, 0.3) is 5.56 Å². The summed E-state index contributed by atoms with van der Waals surface area (Å²) in [5.41, 5.74) is 0.866. The molecule has 15 heavy (non-hydrogen) atoms. The molecule has 1 heterocycles. The Hall–Kier alpha value is -1.16. The monoisotopic (exact) mass is 207 g/mol. The number of aromatic nitrogens is 2. The molecule has 1 fully saturated rings. The largest absolute Gasteiger partial charge is 0.315 e. The van der Waals surface area contributed by atoms with Crippen molar-refractivity contribution in [2.75, 3.05) is 13.1 Å². The van der Waals surface area contributed by atoms with Crippen molar-refractivity contribution in [3.63, 3.8) is 0 Å². The molecule has 0 unspecified atom stereocenters. The van der Waals surface area contributed by atoms with E-state index in [1.54, 1.807) is 12.1 Å². The van der Waals surface area contributed by atoms with E-state index < -0.39 is 0 Å². The summed E-state index contributed by atoms with van der Waals surface area (Å²) in [4.78, 5) is 11.4. The van der Waals surface area contributed by atoms with Gasteiger partial charge in [-0.1, -0.05) is 0 Å². The van der Waals surface area contributed by atoms with Gasteiger partial charge in [-0.2, -0.15) is 5.10 Å². The molecule has 1 saturated carbocycles. The van der Waals surface area contributed by atoms with Gasteiger partial charge in [0.1, 0.15) is 0 Å². The fraction of sp³-hybridized carbons (Fsp3) is 0.636. The minimum Gasteiger partial charge on any atom is -0.315 e. The van der Waals surface area contributed by atoms with Crippen LogP contribution in [0, 0.1) is 12.8 Å². The number of hydrogen-bond donors (Lipinski definition) is 1. The van der Waals surface area contributed by atoms with E-state index in [1.165, 1.54) is 17.5 Å². The molecule has 0 atom stereocenters. The molecule has 82 valence electrons. The predicted molar refractivity (Wildman–Crippen MR) is 58.8 cm³/mol. The van der Waals surface area contributed by atoms with Crippen LogP contribution in [0.1, 0.15) is 18.5 Å². The summed E-state index contributed by atoms with van der Waals surface area (Å²) >= 11 is 0. The number of aryl methyl sites for hydroxylation is 1. The normalized spacial score (nSPS) is 15.5. The van der Waals surface area contributed by atoms with Crippen LogP contribution in [0.25, 0.3) is 0 Å². The molecule has 0 aromatic carbocycles. The zero-order valence-electron chi connectivity index (χ0n) is 9.07. The lowest BCUT2D eigenvalue weighted by Crippen LogP contribution is -2.29. The molecule has 1 aliphatic carbocycles. The molecule has 0 radical (unpaired) electrons. The van der Waals surface area contributed by atoms with Crippen molar-refractivity contribution < 1.29 is 0 Å². The van der Waals surface area contributed by atoms with E-state index in [1.807, 2.05) is 6.92 Å². The molecule has 1 aromatic rings. The smallest absolute Gasteiger partial charge is 0.266 e. The number of rotatable bonds is 5. The summed E-state index contributed by atoms with van der Waals surface area (Å²) < 4.78 is 1.52. The molecule has 1 aromatic heterocycles. The predicted octanol–water partition coefficient (Wildman–Crippen LogP) is 0.551. The fourth-order valence-electron chi connectivity index (χ4n) is 1.52. The Bertz CT molecular complexity index is 382. The number of nitrogens with zero attached hydrogens (tertiary/aromatic N) is 2. The van der Waals surface area contributed by atoms with Crippen LogP contribution in [0.3, 0.4) is 0 Å². The third kappa shape index (κ3) is 3.16. The lowest BCUT2D eigenvalue weighted by Gasteiger charge is -2.06. The van der Waals surface area contributed by atoms with Gasteiger partial charge in [0.2, 0.25) is 0 Å². The molecule has 0 amide bonds. The van der Waals surface area contributed by atoms with E-state index in [0.29, 0.717) is 6.54 Å². The van der Waals surface area contributed by atoms with E-state index in [9.17, 15) is 4.79 Å². The van der Waals surface area contributed by atoms with Gasteiger partial charge < -0.3 is 5.32 Å². The van der Waals surface area contributed by atoms with Gasteiger partial charge in [-0.3, -0.25) is 4.79 Å². The Kier molecular flexibility index (Phi) is 3.16. The zero-order valence-corrected chi connectivity index (χ0v) is 9.07. The first kappa shape index (κ1) is 10.4. The van der Waals surface area contributed by atoms with Crippen LogP contribution in [0.4, 0.5) is 0 Å². The summed E-state index contributed by atoms with van der Waals surface area (Å²) in [6.07, 6.45) is 2.71. The first-order chi connectivity index (χ1) is 7.25. The van der Waals surface area contributed by atoms with Crippen LogP contribution >= 0.6 is 0 Å². The Morgan fingerprint density at radius 3 is 3.07 bits per heavy atom. The lowest BCUT2D eigenvalue weighted by atomic mass is 10.4. The van der Waals surface area contributed by atoms with Crippen LogP contribution < -0.4 is 10.9 Å². The molecule has 4 heteroatoms. The van der Waals surface area contributed by atoms with Crippen molar-refractivity contribution in [1.82, 2.24) is 15.1 Å². The van der Waals surface area contributed by atoms with Crippen LogP contribution in [-0.2, 0) is 6.54 Å². The highest BCUT2D eigenvalue weighted by Crippen LogP contribution is 2.27. The lowest BCUT2D eigenvalue weighted by molar-refractivity contribution is 0.518. The van der Waals surface area contributed by atoms with E-state index in [4.69, 9.17) is 0 Å². The van der Waals surface area contributed by atoms with Gasteiger partial charge in [0.15, 0.2) is 0 Å². The van der Waals surface area contributed by atoms with Crippen LogP contribution in [-0.4, -0.2) is 22.9 Å². The highest BCUT2D eigenvalue weighted by molar-refractivity contribution is 4.97. The van der Waals surface area contributed by atoms with Gasteiger partial charge in [-0.15, -0.1) is 0 Å². The molecular weight excluding hydrogens is 190 g/mol. The number of hydrogen-bond acceptors (Lipinski definition) is 3. The highest BCUT2D eigenvalue weighted by atomic mass is 16.1. The summed E-state index contributed by atoms with van der Waals surface area (Å²) in [6.45, 7) is 4.47. The SMILES string of the molecule is Cc1ccc(=O)n(CCNCC2CC2)n1. The second-order valence-electron chi connectivity index (χ2n) is 4.18. The average molecular weight is 207 g/mol. The van der Waals surface area contributed by atoms with Crippen molar-refractivity contribution in [1.29, 1.82) is 0 Å². The van der Waals surface area contributed by atoms with E-state index >= 15 is 0 Å². The Morgan fingerprint density at radius 2 is 2.33 bits per heavy atom. The van der Waals surface area contributed by atoms with Crippen molar-refractivity contribution in [2.45, 2.75) is 26.3 Å². The first-order valence-corrected chi connectivity index (χ1v) is 5.51. The summed E-state index contributed by atoms with van der Waals surface area (Å²) in [7, 11) is 0. The van der Waals surface area contributed by atoms with Crippen molar-refractivity contribution in [2.24, 2.45) is 5.92 Å². The van der Waals surface area contributed by atoms with Crippen LogP contribution in [0.2, 0.25) is 0 Å². The average Bonchev–Trinajstić information content (AvgIpc) is 3.01. The Balaban J connectivity index is 1.81. The molecule has 1 aliphatic rings. The van der Waals surface area contributed by atoms with Gasteiger partial charge in [-0.25, -0.2) is 4.68 Å². The van der Waals surface area contributed by atoms with Crippen LogP contribution in [0.15, 0.2) is 16.9 Å². The minimum absolute atomic E-state index is 0.0196. The molecule has 0 spiro atoms. The Labute approximate surface area is 89.3 Å². The van der Waals surface area contributed by atoms with Gasteiger partial charge in [0, 0.05) is 12.6 Å². The zero-order chi connectivity index (χ0) is 10.7. The summed E-state index contributed by atoms with van der Waals surface area (Å²) in [5.74, 6) is 0.882. The standard InChI is InChI=1S/C11H17N3O/c1-9-2-5-11(15)14(13-9)7-6-12-8-10-3-4-10/h2,5,10,12H,3-4,6-8H2,1H3. The second-order valence-corrected chi connectivity index (χ2v) is 4.18. The minimum atomic E-state index is -0.0196. The number of nitrogens with one attached hydrogen (secondary N) is 1. The molecule has 1 N–H and O–H groups in total.